The summed E-state index contributed by atoms with van der Waals surface area (Å²) in [5.74, 6) is 0.294. The van der Waals surface area contributed by atoms with E-state index >= 15 is 0 Å². The minimum atomic E-state index is -0.120. The number of imidazole rings is 1. The van der Waals surface area contributed by atoms with Crippen molar-refractivity contribution < 1.29 is 14.5 Å². The predicted molar refractivity (Wildman–Crippen MR) is 145 cm³/mol. The number of amides is 1. The lowest BCUT2D eigenvalue weighted by molar-refractivity contribution is -0.134. The maximum absolute atomic E-state index is 12.1. The summed E-state index contributed by atoms with van der Waals surface area (Å²) in [5, 5.41) is 4.74. The Hall–Kier alpha value is -3.45. The van der Waals surface area contributed by atoms with Gasteiger partial charge < -0.3 is 9.40 Å². The third-order valence-corrected chi connectivity index (χ3v) is 6.85. The highest BCUT2D eigenvalue weighted by atomic mass is 16.6. The molecule has 0 saturated heterocycles. The van der Waals surface area contributed by atoms with Crippen molar-refractivity contribution in [3.05, 3.63) is 90.5 Å². The van der Waals surface area contributed by atoms with E-state index in [0.717, 1.165) is 37.0 Å². The molecule has 2 aromatic carbocycles. The van der Waals surface area contributed by atoms with E-state index in [1.807, 2.05) is 55.1 Å². The van der Waals surface area contributed by atoms with E-state index < -0.39 is 0 Å². The number of carbonyl (C=O) groups is 1. The second kappa shape index (κ2) is 15.0. The number of aromatic nitrogens is 2. The molecule has 1 N–H and O–H groups in total. The van der Waals surface area contributed by atoms with E-state index in [1.165, 1.54) is 24.8 Å². The second-order valence-electron chi connectivity index (χ2n) is 9.66. The Labute approximate surface area is 219 Å². The average Bonchev–Trinajstić information content (AvgIpc) is 3.48. The largest absolute Gasteiger partial charge is 0.396 e. The molecule has 0 aliphatic heterocycles. The van der Waals surface area contributed by atoms with E-state index in [4.69, 9.17) is 14.8 Å². The fourth-order valence-corrected chi connectivity index (χ4v) is 4.86. The monoisotopic (exact) mass is 502 g/mol. The second-order valence-corrected chi connectivity index (χ2v) is 9.66. The fraction of sp³-hybridized carbons (Fsp3) is 0.433. The third-order valence-electron chi connectivity index (χ3n) is 6.85. The van der Waals surface area contributed by atoms with Gasteiger partial charge in [0.1, 0.15) is 6.61 Å². The Bertz CT molecular complexity index is 1060. The van der Waals surface area contributed by atoms with Gasteiger partial charge >= 0.3 is 0 Å². The summed E-state index contributed by atoms with van der Waals surface area (Å²) in [6.45, 7) is 0.839. The molecule has 1 aromatic heterocycles. The van der Waals surface area contributed by atoms with E-state index in [1.54, 1.807) is 0 Å². The van der Waals surface area contributed by atoms with Crippen LogP contribution in [0.1, 0.15) is 68.5 Å². The van der Waals surface area contributed by atoms with Crippen molar-refractivity contribution in [2.75, 3.05) is 6.61 Å². The van der Waals surface area contributed by atoms with Gasteiger partial charge in [-0.1, -0.05) is 85.1 Å². The maximum Gasteiger partial charge on any atom is 0.243 e. The van der Waals surface area contributed by atoms with Crippen LogP contribution >= 0.6 is 0 Å². The van der Waals surface area contributed by atoms with Crippen LogP contribution < -0.4 is 5.48 Å². The van der Waals surface area contributed by atoms with Crippen LogP contribution in [0.2, 0.25) is 0 Å². The van der Waals surface area contributed by atoms with Crippen LogP contribution in [0.5, 0.6) is 0 Å². The number of hydroxylamine groups is 1. The quantitative estimate of drug-likeness (QED) is 0.166. The zero-order valence-corrected chi connectivity index (χ0v) is 21.5. The zero-order chi connectivity index (χ0) is 25.5. The molecule has 1 unspecified atom stereocenters. The molecule has 0 spiro atoms. The number of hydrogen-bond acceptors (Lipinski definition) is 5. The Kier molecular flexibility index (Phi) is 10.8. The van der Waals surface area contributed by atoms with Gasteiger partial charge in [-0.25, -0.2) is 10.5 Å². The molecule has 1 fully saturated rings. The van der Waals surface area contributed by atoms with Crippen molar-refractivity contribution in [2.45, 2.75) is 70.4 Å². The van der Waals surface area contributed by atoms with E-state index in [0.29, 0.717) is 32.0 Å². The van der Waals surface area contributed by atoms with Gasteiger partial charge in [0.15, 0.2) is 0 Å². The van der Waals surface area contributed by atoms with E-state index in [9.17, 15) is 4.79 Å². The summed E-state index contributed by atoms with van der Waals surface area (Å²) in [5.41, 5.74) is 5.91. The summed E-state index contributed by atoms with van der Waals surface area (Å²) in [7, 11) is 0. The van der Waals surface area contributed by atoms with Crippen LogP contribution in [0.25, 0.3) is 0 Å². The molecule has 0 radical (unpaired) electrons. The molecule has 1 aliphatic rings. The molecule has 37 heavy (non-hydrogen) atoms. The molecule has 7 nitrogen and oxygen atoms in total. The van der Waals surface area contributed by atoms with E-state index in [-0.39, 0.29) is 11.9 Å². The average molecular weight is 503 g/mol. The minimum absolute atomic E-state index is 0.0699. The maximum atomic E-state index is 12.1. The smallest absolute Gasteiger partial charge is 0.243 e. The van der Waals surface area contributed by atoms with Crippen LogP contribution in [-0.4, -0.2) is 27.8 Å². The van der Waals surface area contributed by atoms with Crippen LogP contribution in [0.4, 0.5) is 0 Å². The first-order valence-electron chi connectivity index (χ1n) is 13.5. The summed E-state index contributed by atoms with van der Waals surface area (Å²) >= 11 is 0. The summed E-state index contributed by atoms with van der Waals surface area (Å²) in [4.78, 5) is 27.6. The lowest BCUT2D eigenvalue weighted by atomic mass is 9.82. The molecular formula is C30H38N4O3. The lowest BCUT2D eigenvalue weighted by Gasteiger charge is -2.29. The Morgan fingerprint density at radius 3 is 2.43 bits per heavy atom. The molecule has 3 aromatic rings. The Morgan fingerprint density at radius 1 is 1.00 bits per heavy atom. The van der Waals surface area contributed by atoms with E-state index in [2.05, 4.69) is 39.3 Å². The molecule has 1 saturated carbocycles. The molecule has 1 atom stereocenters. The number of oxime groups is 1. The number of benzene rings is 2. The number of unbranched alkanes of at least 4 members (excludes halogenated alkanes) is 1. The number of hydrogen-bond donors (Lipinski definition) is 1. The number of nitrogens with zero attached hydrogens (tertiary/aromatic N) is 3. The van der Waals surface area contributed by atoms with Crippen molar-refractivity contribution in [1.29, 1.82) is 0 Å². The van der Waals surface area contributed by atoms with Gasteiger partial charge in [0.2, 0.25) is 5.91 Å². The topological polar surface area (TPSA) is 77.7 Å². The van der Waals surface area contributed by atoms with Gasteiger partial charge in [0.25, 0.3) is 0 Å². The summed E-state index contributed by atoms with van der Waals surface area (Å²) in [6.07, 6.45) is 14.5. The first kappa shape index (κ1) is 26.6. The summed E-state index contributed by atoms with van der Waals surface area (Å²) in [6, 6.07) is 20.4. The molecular weight excluding hydrogens is 464 g/mol. The minimum Gasteiger partial charge on any atom is -0.396 e. The van der Waals surface area contributed by atoms with Crippen LogP contribution in [0.15, 0.2) is 84.5 Å². The highest BCUT2D eigenvalue weighted by Crippen LogP contribution is 2.31. The fourth-order valence-electron chi connectivity index (χ4n) is 4.86. The molecule has 4 rings (SSSR count). The van der Waals surface area contributed by atoms with Crippen LogP contribution in [-0.2, 0) is 27.5 Å². The van der Waals surface area contributed by atoms with Crippen molar-refractivity contribution >= 4 is 11.6 Å². The molecule has 1 amide bonds. The van der Waals surface area contributed by atoms with Crippen LogP contribution in [0, 0.1) is 5.92 Å². The zero-order valence-electron chi connectivity index (χ0n) is 21.5. The Morgan fingerprint density at radius 2 is 1.73 bits per heavy atom. The first-order chi connectivity index (χ1) is 18.3. The SMILES string of the molecule is O=C(CCCCO/N=C(\C1CCCCC1)C(Cc1ccccc1)n1ccnc1)NOCc1ccccc1. The van der Waals surface area contributed by atoms with Gasteiger partial charge in [0, 0.05) is 24.7 Å². The standard InChI is InChI=1S/C30H38N4O3/c35-29(32-37-23-26-14-6-2-7-15-26)18-10-11-21-36-33-30(27-16-8-3-9-17-27)28(34-20-19-31-24-34)22-25-12-4-1-5-13-25/h1-2,4-7,12-15,19-20,24,27-28H,3,8-11,16-18,21-23H2,(H,32,35)/b33-30+. The molecule has 7 heteroatoms. The van der Waals surface area contributed by atoms with Gasteiger partial charge in [-0.2, -0.15) is 0 Å². The number of rotatable bonds is 14. The molecule has 0 bridgehead atoms. The third kappa shape index (κ3) is 8.86. The van der Waals surface area contributed by atoms with Gasteiger partial charge in [-0.05, 0) is 43.2 Å². The molecule has 1 heterocycles. The highest BCUT2D eigenvalue weighted by molar-refractivity contribution is 5.90. The first-order valence-corrected chi connectivity index (χ1v) is 13.5. The highest BCUT2D eigenvalue weighted by Gasteiger charge is 2.28. The molecule has 196 valence electrons. The van der Waals surface area contributed by atoms with Gasteiger partial charge in [-0.15, -0.1) is 0 Å². The van der Waals surface area contributed by atoms with Crippen LogP contribution in [0.3, 0.4) is 0 Å². The normalized spacial score (nSPS) is 15.3. The van der Waals surface area contributed by atoms with Gasteiger partial charge in [0.05, 0.1) is 24.7 Å². The van der Waals surface area contributed by atoms with Gasteiger partial charge in [-0.3, -0.25) is 9.63 Å². The van der Waals surface area contributed by atoms with Crippen molar-refractivity contribution in [3.63, 3.8) is 0 Å². The molecule has 1 aliphatic carbocycles. The number of nitrogens with one attached hydrogen (secondary N) is 1. The van der Waals surface area contributed by atoms with Crippen molar-refractivity contribution in [2.24, 2.45) is 11.1 Å². The van der Waals surface area contributed by atoms with Crippen molar-refractivity contribution in [3.8, 4) is 0 Å². The lowest BCUT2D eigenvalue weighted by Crippen LogP contribution is -2.29. The summed E-state index contributed by atoms with van der Waals surface area (Å²) < 4.78 is 2.16. The number of carbonyl (C=O) groups excluding carboxylic acids is 1. The van der Waals surface area contributed by atoms with Crippen molar-refractivity contribution in [1.82, 2.24) is 15.0 Å². The predicted octanol–water partition coefficient (Wildman–Crippen LogP) is 6.04. The Balaban J connectivity index is 1.28.